The van der Waals surface area contributed by atoms with Crippen LogP contribution in [0.15, 0.2) is 29.3 Å². The zero-order valence-corrected chi connectivity index (χ0v) is 15.2. The lowest BCUT2D eigenvalue weighted by atomic mass is 10.2. The van der Waals surface area contributed by atoms with Crippen molar-refractivity contribution in [2.45, 2.75) is 6.54 Å². The molecular formula is C15H24FIN4O. The molecule has 22 heavy (non-hydrogen) atoms. The number of ether oxygens (including phenoxy) is 1. The average Bonchev–Trinajstić information content (AvgIpc) is 2.53. The quantitative estimate of drug-likeness (QED) is 0.429. The van der Waals surface area contributed by atoms with E-state index < -0.39 is 0 Å². The summed E-state index contributed by atoms with van der Waals surface area (Å²) in [5.41, 5.74) is 1.02. The Balaban J connectivity index is 0.00000242. The third kappa shape index (κ3) is 6.89. The molecule has 0 spiro atoms. The summed E-state index contributed by atoms with van der Waals surface area (Å²) in [7, 11) is 1.74. The Morgan fingerprint density at radius 2 is 1.91 bits per heavy atom. The summed E-state index contributed by atoms with van der Waals surface area (Å²) >= 11 is 0. The first kappa shape index (κ1) is 19.1. The topological polar surface area (TPSA) is 48.9 Å². The summed E-state index contributed by atoms with van der Waals surface area (Å²) in [5, 5.41) is 6.50. The van der Waals surface area contributed by atoms with Gasteiger partial charge in [0, 0.05) is 39.8 Å². The van der Waals surface area contributed by atoms with E-state index in [1.54, 1.807) is 19.2 Å². The molecule has 124 valence electrons. The number of morpholine rings is 1. The molecule has 0 amide bonds. The van der Waals surface area contributed by atoms with Crippen LogP contribution in [-0.4, -0.2) is 57.3 Å². The first-order valence-electron chi connectivity index (χ1n) is 7.27. The molecule has 7 heteroatoms. The Hall–Kier alpha value is -0.930. The monoisotopic (exact) mass is 422 g/mol. The van der Waals surface area contributed by atoms with Crippen LogP contribution in [-0.2, 0) is 11.3 Å². The first-order valence-corrected chi connectivity index (χ1v) is 7.27. The maximum atomic E-state index is 12.8. The van der Waals surface area contributed by atoms with Crippen molar-refractivity contribution >= 4 is 29.9 Å². The Labute approximate surface area is 148 Å². The van der Waals surface area contributed by atoms with Gasteiger partial charge in [-0.2, -0.15) is 0 Å². The summed E-state index contributed by atoms with van der Waals surface area (Å²) in [6, 6.07) is 6.46. The molecular weight excluding hydrogens is 398 g/mol. The van der Waals surface area contributed by atoms with E-state index in [1.165, 1.54) is 12.1 Å². The van der Waals surface area contributed by atoms with E-state index in [0.29, 0.717) is 6.54 Å². The van der Waals surface area contributed by atoms with Gasteiger partial charge in [0.05, 0.1) is 13.2 Å². The Morgan fingerprint density at radius 1 is 1.23 bits per heavy atom. The summed E-state index contributed by atoms with van der Waals surface area (Å²) in [6.07, 6.45) is 0. The molecule has 0 unspecified atom stereocenters. The number of nitrogens with zero attached hydrogens (tertiary/aromatic N) is 2. The number of aliphatic imine (C=N–C) groups is 1. The summed E-state index contributed by atoms with van der Waals surface area (Å²) in [6.45, 7) is 6.04. The van der Waals surface area contributed by atoms with Crippen LogP contribution >= 0.6 is 24.0 Å². The number of nitrogens with one attached hydrogen (secondary N) is 2. The molecule has 0 atom stereocenters. The Morgan fingerprint density at radius 3 is 2.55 bits per heavy atom. The molecule has 0 aromatic heterocycles. The number of hydrogen-bond acceptors (Lipinski definition) is 3. The zero-order chi connectivity index (χ0) is 14.9. The Bertz CT molecular complexity index is 449. The van der Waals surface area contributed by atoms with Gasteiger partial charge >= 0.3 is 0 Å². The lowest BCUT2D eigenvalue weighted by Crippen LogP contribution is -2.44. The van der Waals surface area contributed by atoms with Crippen molar-refractivity contribution in [3.05, 3.63) is 35.6 Å². The van der Waals surface area contributed by atoms with E-state index in [4.69, 9.17) is 4.74 Å². The molecule has 1 saturated heterocycles. The average molecular weight is 422 g/mol. The first-order chi connectivity index (χ1) is 10.3. The number of hydrogen-bond donors (Lipinski definition) is 2. The van der Waals surface area contributed by atoms with Crippen molar-refractivity contribution in [3.63, 3.8) is 0 Å². The van der Waals surface area contributed by atoms with Gasteiger partial charge in [0.1, 0.15) is 5.82 Å². The smallest absolute Gasteiger partial charge is 0.191 e. The molecule has 5 nitrogen and oxygen atoms in total. The third-order valence-electron chi connectivity index (χ3n) is 3.42. The number of benzene rings is 1. The fourth-order valence-corrected chi connectivity index (χ4v) is 2.17. The van der Waals surface area contributed by atoms with Crippen LogP contribution in [0.2, 0.25) is 0 Å². The van der Waals surface area contributed by atoms with E-state index in [-0.39, 0.29) is 29.8 Å². The predicted molar refractivity (Wildman–Crippen MR) is 97.3 cm³/mol. The predicted octanol–water partition coefficient (Wildman–Crippen LogP) is 1.44. The lowest BCUT2D eigenvalue weighted by Gasteiger charge is -2.26. The van der Waals surface area contributed by atoms with Crippen LogP contribution < -0.4 is 10.6 Å². The fraction of sp³-hybridized carbons (Fsp3) is 0.533. The second-order valence-corrected chi connectivity index (χ2v) is 4.93. The molecule has 2 rings (SSSR count). The minimum absolute atomic E-state index is 0. The minimum Gasteiger partial charge on any atom is -0.379 e. The van der Waals surface area contributed by atoms with Gasteiger partial charge < -0.3 is 15.4 Å². The van der Waals surface area contributed by atoms with Crippen LogP contribution in [0.3, 0.4) is 0 Å². The van der Waals surface area contributed by atoms with Gasteiger partial charge in [0.2, 0.25) is 0 Å². The highest BCUT2D eigenvalue weighted by Crippen LogP contribution is 2.01. The van der Waals surface area contributed by atoms with Crippen molar-refractivity contribution in [2.24, 2.45) is 4.99 Å². The normalized spacial score (nSPS) is 16.0. The zero-order valence-electron chi connectivity index (χ0n) is 12.8. The number of rotatable bonds is 5. The Kier molecular flexibility index (Phi) is 9.33. The highest BCUT2D eigenvalue weighted by atomic mass is 127. The standard InChI is InChI=1S/C15H23FN4O.HI/c1-17-15(18-6-7-20-8-10-21-11-9-20)19-12-13-2-4-14(16)5-3-13;/h2-5H,6-12H2,1H3,(H2,17,18,19);1H. The van der Waals surface area contributed by atoms with Gasteiger partial charge in [-0.1, -0.05) is 12.1 Å². The van der Waals surface area contributed by atoms with Crippen molar-refractivity contribution in [2.75, 3.05) is 46.4 Å². The second-order valence-electron chi connectivity index (χ2n) is 4.93. The van der Waals surface area contributed by atoms with E-state index in [1.807, 2.05) is 0 Å². The van der Waals surface area contributed by atoms with Crippen molar-refractivity contribution in [1.29, 1.82) is 0 Å². The molecule has 1 aromatic carbocycles. The van der Waals surface area contributed by atoms with E-state index in [0.717, 1.165) is 50.9 Å². The van der Waals surface area contributed by atoms with Crippen LogP contribution in [0, 0.1) is 5.82 Å². The van der Waals surface area contributed by atoms with Crippen molar-refractivity contribution in [3.8, 4) is 0 Å². The summed E-state index contributed by atoms with van der Waals surface area (Å²) in [4.78, 5) is 6.55. The highest BCUT2D eigenvalue weighted by molar-refractivity contribution is 14.0. The lowest BCUT2D eigenvalue weighted by molar-refractivity contribution is 0.0389. The van der Waals surface area contributed by atoms with Crippen molar-refractivity contribution in [1.82, 2.24) is 15.5 Å². The molecule has 0 bridgehead atoms. The fourth-order valence-electron chi connectivity index (χ4n) is 2.17. The van der Waals surface area contributed by atoms with Crippen LogP contribution in [0.5, 0.6) is 0 Å². The number of halogens is 2. The molecule has 0 aliphatic carbocycles. The maximum Gasteiger partial charge on any atom is 0.191 e. The minimum atomic E-state index is -0.216. The van der Waals surface area contributed by atoms with Gasteiger partial charge in [0.15, 0.2) is 5.96 Å². The van der Waals surface area contributed by atoms with Gasteiger partial charge in [-0.3, -0.25) is 9.89 Å². The SMILES string of the molecule is CN=C(NCCN1CCOCC1)NCc1ccc(F)cc1.I. The molecule has 0 saturated carbocycles. The van der Waals surface area contributed by atoms with Gasteiger partial charge in [-0.05, 0) is 17.7 Å². The molecule has 1 aliphatic heterocycles. The van der Waals surface area contributed by atoms with Gasteiger partial charge in [0.25, 0.3) is 0 Å². The van der Waals surface area contributed by atoms with Crippen LogP contribution in [0.1, 0.15) is 5.56 Å². The van der Waals surface area contributed by atoms with Gasteiger partial charge in [-0.25, -0.2) is 4.39 Å². The van der Waals surface area contributed by atoms with E-state index >= 15 is 0 Å². The van der Waals surface area contributed by atoms with Crippen LogP contribution in [0.4, 0.5) is 4.39 Å². The summed E-state index contributed by atoms with van der Waals surface area (Å²) in [5.74, 6) is 0.541. The van der Waals surface area contributed by atoms with E-state index in [9.17, 15) is 4.39 Å². The maximum absolute atomic E-state index is 12.8. The van der Waals surface area contributed by atoms with E-state index in [2.05, 4.69) is 20.5 Å². The van der Waals surface area contributed by atoms with Crippen LogP contribution in [0.25, 0.3) is 0 Å². The van der Waals surface area contributed by atoms with Gasteiger partial charge in [-0.15, -0.1) is 24.0 Å². The second kappa shape index (κ2) is 10.7. The number of guanidine groups is 1. The molecule has 1 heterocycles. The van der Waals surface area contributed by atoms with Crippen molar-refractivity contribution < 1.29 is 9.13 Å². The molecule has 2 N–H and O–H groups in total. The highest BCUT2D eigenvalue weighted by Gasteiger charge is 2.09. The molecule has 1 fully saturated rings. The summed E-state index contributed by atoms with van der Waals surface area (Å²) < 4.78 is 18.1. The molecule has 1 aliphatic rings. The largest absolute Gasteiger partial charge is 0.379 e. The molecule has 1 aromatic rings. The molecule has 0 radical (unpaired) electrons. The third-order valence-corrected chi connectivity index (χ3v) is 3.42.